The second-order valence-corrected chi connectivity index (χ2v) is 7.91. The van der Waals surface area contributed by atoms with E-state index in [0.29, 0.717) is 28.5 Å². The lowest BCUT2D eigenvalue weighted by atomic mass is 10.1. The third kappa shape index (κ3) is 5.13. The van der Waals surface area contributed by atoms with Crippen molar-refractivity contribution < 1.29 is 14.3 Å². The maximum Gasteiger partial charge on any atom is 0.239 e. The molecule has 0 bridgehead atoms. The van der Waals surface area contributed by atoms with Crippen LogP contribution in [-0.2, 0) is 22.4 Å². The molecule has 3 rings (SSSR count). The number of methoxy groups -OCH3 is 1. The van der Waals surface area contributed by atoms with E-state index in [1.165, 1.54) is 16.2 Å². The van der Waals surface area contributed by atoms with Crippen LogP contribution in [0.25, 0.3) is 0 Å². The minimum Gasteiger partial charge on any atom is -0.497 e. The van der Waals surface area contributed by atoms with Gasteiger partial charge < -0.3 is 15.4 Å². The van der Waals surface area contributed by atoms with Crippen molar-refractivity contribution in [3.8, 4) is 11.8 Å². The Morgan fingerprint density at radius 3 is 2.69 bits per heavy atom. The number of anilines is 2. The number of benzene rings is 1. The average Bonchev–Trinajstić information content (AvgIpc) is 3.28. The number of aryl methyl sites for hydroxylation is 1. The average molecular weight is 413 g/mol. The molecule has 0 saturated carbocycles. The molecule has 1 aromatic heterocycles. The van der Waals surface area contributed by atoms with E-state index in [-0.39, 0.29) is 24.9 Å². The number of amides is 2. The van der Waals surface area contributed by atoms with Crippen molar-refractivity contribution in [2.24, 2.45) is 0 Å². The zero-order valence-corrected chi connectivity index (χ0v) is 17.4. The molecule has 0 spiro atoms. The second-order valence-electron chi connectivity index (χ2n) is 6.80. The highest BCUT2D eigenvalue weighted by atomic mass is 32.1. The fraction of sp³-hybridized carbons (Fsp3) is 0.381. The molecule has 0 aliphatic heterocycles. The quantitative estimate of drug-likeness (QED) is 0.695. The number of carbonyl (C=O) groups excluding carboxylic acids is 2. The topological polar surface area (TPSA) is 94.5 Å². The molecule has 2 N–H and O–H groups in total. The molecule has 0 atom stereocenters. The SMILES string of the molecule is CCN(CC(=O)Nc1cccc(OC)c1)CC(=O)Nc1sc2c(c1C#N)CCC2. The molecule has 0 saturated heterocycles. The van der Waals surface area contributed by atoms with Crippen molar-refractivity contribution in [1.82, 2.24) is 4.90 Å². The Hall–Kier alpha value is -2.89. The summed E-state index contributed by atoms with van der Waals surface area (Å²) in [5.41, 5.74) is 2.31. The van der Waals surface area contributed by atoms with Crippen molar-refractivity contribution in [2.75, 3.05) is 37.4 Å². The van der Waals surface area contributed by atoms with Gasteiger partial charge in [0.25, 0.3) is 0 Å². The lowest BCUT2D eigenvalue weighted by Gasteiger charge is -2.19. The van der Waals surface area contributed by atoms with E-state index in [2.05, 4.69) is 16.7 Å². The van der Waals surface area contributed by atoms with Crippen LogP contribution in [0.1, 0.15) is 29.3 Å². The van der Waals surface area contributed by atoms with Gasteiger partial charge in [0, 0.05) is 16.6 Å². The standard InChI is InChI=1S/C21H24N4O3S/c1-3-25(12-19(26)23-14-6-4-7-15(10-14)28-2)13-20(27)24-21-17(11-22)16-8-5-9-18(16)29-21/h4,6-7,10H,3,5,8-9,12-13H2,1-2H3,(H,23,26)(H,24,27). The van der Waals surface area contributed by atoms with Gasteiger partial charge in [0.2, 0.25) is 11.8 Å². The molecule has 2 amide bonds. The maximum absolute atomic E-state index is 12.5. The summed E-state index contributed by atoms with van der Waals surface area (Å²) in [5.74, 6) is 0.226. The molecule has 8 heteroatoms. The normalized spacial score (nSPS) is 12.3. The van der Waals surface area contributed by atoms with Crippen LogP contribution < -0.4 is 15.4 Å². The first-order chi connectivity index (χ1) is 14.0. The van der Waals surface area contributed by atoms with Crippen molar-refractivity contribution in [3.05, 3.63) is 40.3 Å². The monoisotopic (exact) mass is 412 g/mol. The zero-order valence-electron chi connectivity index (χ0n) is 16.6. The summed E-state index contributed by atoms with van der Waals surface area (Å²) in [6, 6.07) is 9.34. The molecule has 29 heavy (non-hydrogen) atoms. The fourth-order valence-electron chi connectivity index (χ4n) is 3.36. The Bertz CT molecular complexity index is 948. The molecule has 1 aromatic carbocycles. The number of thiophene rings is 1. The summed E-state index contributed by atoms with van der Waals surface area (Å²) in [4.78, 5) is 27.8. The molecule has 0 fully saturated rings. The van der Waals surface area contributed by atoms with Gasteiger partial charge >= 0.3 is 0 Å². The number of nitrogens with zero attached hydrogens (tertiary/aromatic N) is 2. The van der Waals surface area contributed by atoms with Crippen LogP contribution in [0.4, 0.5) is 10.7 Å². The smallest absolute Gasteiger partial charge is 0.239 e. The summed E-state index contributed by atoms with van der Waals surface area (Å²) in [7, 11) is 1.57. The lowest BCUT2D eigenvalue weighted by molar-refractivity contribution is -0.119. The number of nitrogens with one attached hydrogen (secondary N) is 2. The summed E-state index contributed by atoms with van der Waals surface area (Å²) >= 11 is 1.49. The Labute approximate surface area is 174 Å². The first kappa shape index (κ1) is 20.8. The van der Waals surface area contributed by atoms with Gasteiger partial charge in [0.1, 0.15) is 16.8 Å². The molecule has 152 valence electrons. The largest absolute Gasteiger partial charge is 0.497 e. The molecule has 1 aliphatic carbocycles. The molecular weight excluding hydrogens is 388 g/mol. The van der Waals surface area contributed by atoms with Crippen molar-refractivity contribution in [3.63, 3.8) is 0 Å². The van der Waals surface area contributed by atoms with Gasteiger partial charge in [-0.25, -0.2) is 0 Å². The van der Waals surface area contributed by atoms with Crippen LogP contribution in [-0.4, -0.2) is 43.5 Å². The summed E-state index contributed by atoms with van der Waals surface area (Å²) in [6.07, 6.45) is 2.93. The summed E-state index contributed by atoms with van der Waals surface area (Å²) in [6.45, 7) is 2.61. The number of hydrogen-bond acceptors (Lipinski definition) is 6. The Morgan fingerprint density at radius 1 is 1.24 bits per heavy atom. The predicted molar refractivity (Wildman–Crippen MR) is 113 cm³/mol. The van der Waals surface area contributed by atoms with Crippen LogP contribution >= 0.6 is 11.3 Å². The number of carbonyl (C=O) groups is 2. The molecule has 0 unspecified atom stereocenters. The van der Waals surface area contributed by atoms with Crippen molar-refractivity contribution in [2.45, 2.75) is 26.2 Å². The Kier molecular flexibility index (Phi) is 6.86. The Balaban J connectivity index is 1.56. The molecular formula is C21H24N4O3S. The first-order valence-electron chi connectivity index (χ1n) is 9.54. The van der Waals surface area contributed by atoms with Gasteiger partial charge in [-0.1, -0.05) is 13.0 Å². The van der Waals surface area contributed by atoms with E-state index in [0.717, 1.165) is 24.8 Å². The highest BCUT2D eigenvalue weighted by molar-refractivity contribution is 7.16. The van der Waals surface area contributed by atoms with Gasteiger partial charge in [-0.05, 0) is 43.5 Å². The highest BCUT2D eigenvalue weighted by Gasteiger charge is 2.23. The van der Waals surface area contributed by atoms with Gasteiger partial charge in [0.15, 0.2) is 0 Å². The Morgan fingerprint density at radius 2 is 2.00 bits per heavy atom. The van der Waals surface area contributed by atoms with E-state index in [1.807, 2.05) is 6.92 Å². The third-order valence-electron chi connectivity index (χ3n) is 4.82. The molecule has 1 aliphatic rings. The lowest BCUT2D eigenvalue weighted by Crippen LogP contribution is -2.38. The number of rotatable bonds is 8. The number of likely N-dealkylation sites (N-methyl/N-ethyl adjacent to an activating group) is 1. The van der Waals surface area contributed by atoms with Crippen LogP contribution in [0, 0.1) is 11.3 Å². The molecule has 7 nitrogen and oxygen atoms in total. The molecule has 0 radical (unpaired) electrons. The van der Waals surface area contributed by atoms with Crippen molar-refractivity contribution in [1.29, 1.82) is 5.26 Å². The number of fused-ring (bicyclic) bond motifs is 1. The van der Waals surface area contributed by atoms with Gasteiger partial charge in [-0.2, -0.15) is 5.26 Å². The fourth-order valence-corrected chi connectivity index (χ4v) is 4.62. The maximum atomic E-state index is 12.5. The van der Waals surface area contributed by atoms with Crippen LogP contribution in [0.5, 0.6) is 5.75 Å². The van der Waals surface area contributed by atoms with Crippen LogP contribution in [0.15, 0.2) is 24.3 Å². The van der Waals surface area contributed by atoms with E-state index in [4.69, 9.17) is 4.74 Å². The highest BCUT2D eigenvalue weighted by Crippen LogP contribution is 2.38. The second kappa shape index (κ2) is 9.54. The van der Waals surface area contributed by atoms with E-state index in [9.17, 15) is 14.9 Å². The molecule has 1 heterocycles. The van der Waals surface area contributed by atoms with E-state index < -0.39 is 0 Å². The minimum absolute atomic E-state index is 0.0788. The molecule has 2 aromatic rings. The summed E-state index contributed by atoms with van der Waals surface area (Å²) < 4.78 is 5.15. The van der Waals surface area contributed by atoms with Crippen LogP contribution in [0.2, 0.25) is 0 Å². The van der Waals surface area contributed by atoms with Gasteiger partial charge in [-0.3, -0.25) is 14.5 Å². The van der Waals surface area contributed by atoms with Crippen molar-refractivity contribution >= 4 is 33.8 Å². The van der Waals surface area contributed by atoms with Crippen LogP contribution in [0.3, 0.4) is 0 Å². The zero-order chi connectivity index (χ0) is 20.8. The predicted octanol–water partition coefficient (Wildman–Crippen LogP) is 3.02. The third-order valence-corrected chi connectivity index (χ3v) is 6.03. The minimum atomic E-state index is -0.225. The summed E-state index contributed by atoms with van der Waals surface area (Å²) in [5, 5.41) is 15.7. The number of nitriles is 1. The van der Waals surface area contributed by atoms with E-state index in [1.54, 1.807) is 36.3 Å². The van der Waals surface area contributed by atoms with Gasteiger partial charge in [-0.15, -0.1) is 11.3 Å². The van der Waals surface area contributed by atoms with E-state index >= 15 is 0 Å². The number of hydrogen-bond donors (Lipinski definition) is 2. The number of ether oxygens (including phenoxy) is 1. The van der Waals surface area contributed by atoms with Gasteiger partial charge in [0.05, 0.1) is 25.8 Å². The first-order valence-corrected chi connectivity index (χ1v) is 10.4.